The van der Waals surface area contributed by atoms with Gasteiger partial charge in [0.1, 0.15) is 0 Å². The SMILES string of the molecule is O=C(N/N=C\c1ccccc1[N+](=O)[O-])c1cccc([N+](=O)[O-])c1. The Labute approximate surface area is 129 Å². The first-order chi connectivity index (χ1) is 11.0. The predicted molar refractivity (Wildman–Crippen MR) is 81.3 cm³/mol. The van der Waals surface area contributed by atoms with Crippen molar-refractivity contribution in [2.75, 3.05) is 0 Å². The second kappa shape index (κ2) is 6.89. The third-order valence-electron chi connectivity index (χ3n) is 2.82. The third-order valence-corrected chi connectivity index (χ3v) is 2.82. The number of para-hydroxylation sites is 1. The summed E-state index contributed by atoms with van der Waals surface area (Å²) in [6.45, 7) is 0. The minimum Gasteiger partial charge on any atom is -0.267 e. The lowest BCUT2D eigenvalue weighted by Gasteiger charge is -2.00. The van der Waals surface area contributed by atoms with E-state index in [-0.39, 0.29) is 22.5 Å². The molecule has 0 saturated heterocycles. The maximum Gasteiger partial charge on any atom is 0.278 e. The van der Waals surface area contributed by atoms with Crippen LogP contribution in [0.4, 0.5) is 11.4 Å². The van der Waals surface area contributed by atoms with Gasteiger partial charge in [-0.2, -0.15) is 5.10 Å². The normalized spacial score (nSPS) is 10.4. The highest BCUT2D eigenvalue weighted by atomic mass is 16.6. The van der Waals surface area contributed by atoms with Crippen molar-refractivity contribution < 1.29 is 14.6 Å². The van der Waals surface area contributed by atoms with Gasteiger partial charge < -0.3 is 0 Å². The van der Waals surface area contributed by atoms with E-state index in [0.29, 0.717) is 0 Å². The molecule has 0 aliphatic carbocycles. The van der Waals surface area contributed by atoms with Crippen LogP contribution < -0.4 is 5.43 Å². The number of rotatable bonds is 5. The van der Waals surface area contributed by atoms with E-state index >= 15 is 0 Å². The molecular weight excluding hydrogens is 304 g/mol. The van der Waals surface area contributed by atoms with Crippen LogP contribution in [0.2, 0.25) is 0 Å². The molecular formula is C14H10N4O5. The fourth-order valence-electron chi connectivity index (χ4n) is 1.75. The second-order valence-corrected chi connectivity index (χ2v) is 4.32. The van der Waals surface area contributed by atoms with Crippen LogP contribution in [0.5, 0.6) is 0 Å². The first kappa shape index (κ1) is 15.8. The van der Waals surface area contributed by atoms with E-state index in [2.05, 4.69) is 10.5 Å². The molecule has 1 N–H and O–H groups in total. The van der Waals surface area contributed by atoms with Crippen LogP contribution in [0, 0.1) is 20.2 Å². The smallest absolute Gasteiger partial charge is 0.267 e. The second-order valence-electron chi connectivity index (χ2n) is 4.32. The lowest BCUT2D eigenvalue weighted by Crippen LogP contribution is -2.17. The number of non-ortho nitro benzene ring substituents is 1. The van der Waals surface area contributed by atoms with E-state index in [9.17, 15) is 25.0 Å². The van der Waals surface area contributed by atoms with Crippen molar-refractivity contribution in [3.63, 3.8) is 0 Å². The highest BCUT2D eigenvalue weighted by Crippen LogP contribution is 2.15. The Hall–Kier alpha value is -3.62. The molecule has 2 aromatic carbocycles. The number of carbonyl (C=O) groups excluding carboxylic acids is 1. The molecule has 9 heteroatoms. The van der Waals surface area contributed by atoms with Gasteiger partial charge in [0, 0.05) is 23.8 Å². The number of nitrogens with one attached hydrogen (secondary N) is 1. The molecule has 0 aliphatic heterocycles. The van der Waals surface area contributed by atoms with Gasteiger partial charge in [-0.1, -0.05) is 18.2 Å². The summed E-state index contributed by atoms with van der Waals surface area (Å²) in [6, 6.07) is 11.0. The molecule has 2 rings (SSSR count). The molecule has 9 nitrogen and oxygen atoms in total. The van der Waals surface area contributed by atoms with Crippen molar-refractivity contribution in [1.29, 1.82) is 0 Å². The Balaban J connectivity index is 2.12. The fraction of sp³-hybridized carbons (Fsp3) is 0. The number of nitro benzene ring substituents is 2. The molecule has 0 fully saturated rings. The molecule has 1 amide bonds. The van der Waals surface area contributed by atoms with E-state index in [1.165, 1.54) is 36.4 Å². The summed E-state index contributed by atoms with van der Waals surface area (Å²) in [4.78, 5) is 32.2. The standard InChI is InChI=1S/C14H10N4O5/c19-14(10-5-3-6-12(8-10)17(20)21)16-15-9-11-4-1-2-7-13(11)18(22)23/h1-9H,(H,16,19)/b15-9-. The Morgan fingerprint density at radius 3 is 2.48 bits per heavy atom. The molecule has 0 saturated carbocycles. The zero-order chi connectivity index (χ0) is 16.8. The van der Waals surface area contributed by atoms with E-state index in [1.807, 2.05) is 0 Å². The van der Waals surface area contributed by atoms with Gasteiger partial charge in [-0.3, -0.25) is 25.0 Å². The quantitative estimate of drug-likeness (QED) is 0.514. The fourth-order valence-corrected chi connectivity index (χ4v) is 1.75. The number of hydrogen-bond acceptors (Lipinski definition) is 6. The Morgan fingerprint density at radius 2 is 1.78 bits per heavy atom. The maximum atomic E-state index is 11.8. The zero-order valence-electron chi connectivity index (χ0n) is 11.6. The maximum absolute atomic E-state index is 11.8. The van der Waals surface area contributed by atoms with Gasteiger partial charge in [0.15, 0.2) is 0 Å². The van der Waals surface area contributed by atoms with Crippen molar-refractivity contribution in [2.45, 2.75) is 0 Å². The molecule has 0 unspecified atom stereocenters. The molecule has 0 heterocycles. The lowest BCUT2D eigenvalue weighted by molar-refractivity contribution is -0.385. The summed E-state index contributed by atoms with van der Waals surface area (Å²) in [5.41, 5.74) is 2.06. The molecule has 2 aromatic rings. The predicted octanol–water partition coefficient (Wildman–Crippen LogP) is 2.27. The topological polar surface area (TPSA) is 128 Å². The van der Waals surface area contributed by atoms with Crippen LogP contribution in [0.3, 0.4) is 0 Å². The van der Waals surface area contributed by atoms with Gasteiger partial charge in [-0.15, -0.1) is 0 Å². The number of hydrogen-bond donors (Lipinski definition) is 1. The van der Waals surface area contributed by atoms with Crippen molar-refractivity contribution >= 4 is 23.5 Å². The first-order valence-corrected chi connectivity index (χ1v) is 6.30. The summed E-state index contributed by atoms with van der Waals surface area (Å²) in [5.74, 6) is -0.663. The van der Waals surface area contributed by atoms with Crippen LogP contribution in [-0.2, 0) is 0 Å². The van der Waals surface area contributed by atoms with Crippen LogP contribution in [0.1, 0.15) is 15.9 Å². The number of nitrogens with zero attached hydrogens (tertiary/aromatic N) is 3. The van der Waals surface area contributed by atoms with E-state index < -0.39 is 15.8 Å². The molecule has 0 bridgehead atoms. The molecule has 0 atom stereocenters. The number of amides is 1. The van der Waals surface area contributed by atoms with Gasteiger partial charge in [-0.25, -0.2) is 5.43 Å². The monoisotopic (exact) mass is 314 g/mol. The Morgan fingerprint density at radius 1 is 1.04 bits per heavy atom. The summed E-state index contributed by atoms with van der Waals surface area (Å²) in [5, 5.41) is 25.1. The number of hydrazone groups is 1. The van der Waals surface area contributed by atoms with Crippen LogP contribution >= 0.6 is 0 Å². The van der Waals surface area contributed by atoms with Crippen molar-refractivity contribution in [3.8, 4) is 0 Å². The molecule has 0 aliphatic rings. The molecule has 0 spiro atoms. The average molecular weight is 314 g/mol. The Kier molecular flexibility index (Phi) is 4.72. The molecule has 0 radical (unpaired) electrons. The minimum absolute atomic E-state index is 0.0545. The number of nitro groups is 2. The van der Waals surface area contributed by atoms with Crippen molar-refractivity contribution in [1.82, 2.24) is 5.43 Å². The van der Waals surface area contributed by atoms with Crippen molar-refractivity contribution in [2.24, 2.45) is 5.10 Å². The van der Waals surface area contributed by atoms with Gasteiger partial charge in [0.25, 0.3) is 17.3 Å². The van der Waals surface area contributed by atoms with Gasteiger partial charge >= 0.3 is 0 Å². The largest absolute Gasteiger partial charge is 0.278 e. The van der Waals surface area contributed by atoms with E-state index in [1.54, 1.807) is 6.07 Å². The van der Waals surface area contributed by atoms with Gasteiger partial charge in [-0.05, 0) is 12.1 Å². The average Bonchev–Trinajstić information content (AvgIpc) is 2.55. The summed E-state index contributed by atoms with van der Waals surface area (Å²) in [7, 11) is 0. The third kappa shape index (κ3) is 3.94. The summed E-state index contributed by atoms with van der Waals surface area (Å²) < 4.78 is 0. The highest BCUT2D eigenvalue weighted by molar-refractivity contribution is 5.95. The zero-order valence-corrected chi connectivity index (χ0v) is 11.6. The number of carbonyl (C=O) groups is 1. The molecule has 116 valence electrons. The Bertz CT molecular complexity index is 803. The van der Waals surface area contributed by atoms with Crippen LogP contribution in [0.15, 0.2) is 53.6 Å². The summed E-state index contributed by atoms with van der Waals surface area (Å²) >= 11 is 0. The minimum atomic E-state index is -0.663. The lowest BCUT2D eigenvalue weighted by atomic mass is 10.2. The highest BCUT2D eigenvalue weighted by Gasteiger charge is 2.12. The van der Waals surface area contributed by atoms with E-state index in [0.717, 1.165) is 12.3 Å². The molecule has 0 aromatic heterocycles. The van der Waals surface area contributed by atoms with Crippen molar-refractivity contribution in [3.05, 3.63) is 79.9 Å². The van der Waals surface area contributed by atoms with Crippen LogP contribution in [0.25, 0.3) is 0 Å². The van der Waals surface area contributed by atoms with Gasteiger partial charge in [0.05, 0.1) is 21.6 Å². The number of benzene rings is 2. The van der Waals surface area contributed by atoms with Crippen LogP contribution in [-0.4, -0.2) is 22.0 Å². The molecule has 23 heavy (non-hydrogen) atoms. The first-order valence-electron chi connectivity index (χ1n) is 6.30. The summed E-state index contributed by atoms with van der Waals surface area (Å²) in [6.07, 6.45) is 1.13. The van der Waals surface area contributed by atoms with Gasteiger partial charge in [0.2, 0.25) is 0 Å². The van der Waals surface area contributed by atoms with E-state index in [4.69, 9.17) is 0 Å².